The van der Waals surface area contributed by atoms with E-state index in [0.29, 0.717) is 12.5 Å². The highest BCUT2D eigenvalue weighted by Crippen LogP contribution is 2.38. The molecule has 4 nitrogen and oxygen atoms in total. The molecule has 1 amide bonds. The average Bonchev–Trinajstić information content (AvgIpc) is 2.66. The second kappa shape index (κ2) is 3.46. The van der Waals surface area contributed by atoms with E-state index in [2.05, 4.69) is 0 Å². The number of fused-ring (bicyclic) bond motifs is 1. The van der Waals surface area contributed by atoms with Crippen LogP contribution in [0.15, 0.2) is 0 Å². The largest absolute Gasteiger partial charge is 0.393 e. The van der Waals surface area contributed by atoms with Gasteiger partial charge in [-0.05, 0) is 32.6 Å². The van der Waals surface area contributed by atoms with Gasteiger partial charge in [0.25, 0.3) is 0 Å². The van der Waals surface area contributed by atoms with Crippen molar-refractivity contribution in [2.75, 3.05) is 13.1 Å². The van der Waals surface area contributed by atoms with E-state index in [9.17, 15) is 9.90 Å². The molecule has 4 heteroatoms. The molecule has 0 bridgehead atoms. The Labute approximate surface area is 90.4 Å². The van der Waals surface area contributed by atoms with Crippen LogP contribution in [0.1, 0.15) is 26.7 Å². The molecule has 15 heavy (non-hydrogen) atoms. The SMILES string of the molecule is CC(C)(N)C(=O)N1CC2CCC(O)C2C1. The lowest BCUT2D eigenvalue weighted by Crippen LogP contribution is -2.50. The van der Waals surface area contributed by atoms with E-state index in [1.54, 1.807) is 13.8 Å². The van der Waals surface area contributed by atoms with Gasteiger partial charge in [-0.15, -0.1) is 0 Å². The predicted octanol–water partition coefficient (Wildman–Crippen LogP) is -0.0470. The summed E-state index contributed by atoms with van der Waals surface area (Å²) >= 11 is 0. The normalized spacial score (nSPS) is 35.7. The fourth-order valence-electron chi connectivity index (χ4n) is 2.81. The van der Waals surface area contributed by atoms with Gasteiger partial charge in [-0.2, -0.15) is 0 Å². The van der Waals surface area contributed by atoms with Crippen molar-refractivity contribution in [1.29, 1.82) is 0 Å². The summed E-state index contributed by atoms with van der Waals surface area (Å²) in [6.07, 6.45) is 1.72. The van der Waals surface area contributed by atoms with Gasteiger partial charge in [-0.25, -0.2) is 0 Å². The molecule has 2 rings (SSSR count). The predicted molar refractivity (Wildman–Crippen MR) is 57.1 cm³/mol. The van der Waals surface area contributed by atoms with Gasteiger partial charge in [0.2, 0.25) is 5.91 Å². The molecule has 3 unspecified atom stereocenters. The van der Waals surface area contributed by atoms with Crippen LogP contribution in [0.4, 0.5) is 0 Å². The summed E-state index contributed by atoms with van der Waals surface area (Å²) in [5.41, 5.74) is 5.00. The number of carbonyl (C=O) groups is 1. The van der Waals surface area contributed by atoms with E-state index in [1.165, 1.54) is 0 Å². The van der Waals surface area contributed by atoms with Crippen molar-refractivity contribution in [3.8, 4) is 0 Å². The lowest BCUT2D eigenvalue weighted by atomic mass is 10.00. The van der Waals surface area contributed by atoms with Crippen LogP contribution in [0.25, 0.3) is 0 Å². The Morgan fingerprint density at radius 1 is 1.40 bits per heavy atom. The first-order valence-corrected chi connectivity index (χ1v) is 5.66. The summed E-state index contributed by atoms with van der Waals surface area (Å²) in [6.45, 7) is 4.94. The van der Waals surface area contributed by atoms with Crippen LogP contribution in [-0.4, -0.2) is 40.6 Å². The summed E-state index contributed by atoms with van der Waals surface area (Å²) in [4.78, 5) is 13.7. The molecule has 86 valence electrons. The molecule has 2 aliphatic rings. The molecule has 3 atom stereocenters. The molecule has 0 aromatic heterocycles. The number of rotatable bonds is 1. The van der Waals surface area contributed by atoms with Gasteiger partial charge in [0.15, 0.2) is 0 Å². The van der Waals surface area contributed by atoms with Gasteiger partial charge in [0, 0.05) is 19.0 Å². The van der Waals surface area contributed by atoms with Crippen molar-refractivity contribution in [3.63, 3.8) is 0 Å². The number of nitrogens with two attached hydrogens (primary N) is 1. The number of hydrogen-bond donors (Lipinski definition) is 2. The summed E-state index contributed by atoms with van der Waals surface area (Å²) in [6, 6.07) is 0. The van der Waals surface area contributed by atoms with E-state index in [0.717, 1.165) is 19.4 Å². The summed E-state index contributed by atoms with van der Waals surface area (Å²) in [7, 11) is 0. The molecule has 1 aliphatic carbocycles. The maximum absolute atomic E-state index is 11.9. The van der Waals surface area contributed by atoms with E-state index < -0.39 is 5.54 Å². The van der Waals surface area contributed by atoms with Crippen molar-refractivity contribution >= 4 is 5.91 Å². The maximum Gasteiger partial charge on any atom is 0.242 e. The second-order valence-electron chi connectivity index (χ2n) is 5.50. The summed E-state index contributed by atoms with van der Waals surface area (Å²) < 4.78 is 0. The van der Waals surface area contributed by atoms with E-state index in [-0.39, 0.29) is 17.9 Å². The molecular formula is C11H20N2O2. The zero-order valence-electron chi connectivity index (χ0n) is 9.44. The molecule has 0 spiro atoms. The highest BCUT2D eigenvalue weighted by molar-refractivity contribution is 5.85. The quantitative estimate of drug-likeness (QED) is 0.640. The van der Waals surface area contributed by atoms with E-state index in [4.69, 9.17) is 5.73 Å². The molecule has 3 N–H and O–H groups in total. The summed E-state index contributed by atoms with van der Waals surface area (Å²) in [5, 5.41) is 9.73. The first-order valence-electron chi connectivity index (χ1n) is 5.66. The Kier molecular flexibility index (Phi) is 2.51. The Hall–Kier alpha value is -0.610. The van der Waals surface area contributed by atoms with Gasteiger partial charge in [-0.3, -0.25) is 4.79 Å². The van der Waals surface area contributed by atoms with Crippen LogP contribution in [0.5, 0.6) is 0 Å². The number of carbonyl (C=O) groups excluding carboxylic acids is 1. The first-order chi connectivity index (χ1) is 6.89. The molecule has 1 aliphatic heterocycles. The highest BCUT2D eigenvalue weighted by Gasteiger charge is 2.44. The number of aliphatic hydroxyl groups is 1. The van der Waals surface area contributed by atoms with Crippen molar-refractivity contribution in [2.24, 2.45) is 17.6 Å². The number of hydrogen-bond acceptors (Lipinski definition) is 3. The molecule has 2 fully saturated rings. The highest BCUT2D eigenvalue weighted by atomic mass is 16.3. The maximum atomic E-state index is 11.9. The van der Waals surface area contributed by atoms with E-state index >= 15 is 0 Å². The van der Waals surface area contributed by atoms with Crippen molar-refractivity contribution in [2.45, 2.75) is 38.3 Å². The summed E-state index contributed by atoms with van der Waals surface area (Å²) in [5.74, 6) is 0.784. The minimum atomic E-state index is -0.788. The molecule has 0 aromatic rings. The molecule has 1 saturated carbocycles. The molecular weight excluding hydrogens is 192 g/mol. The van der Waals surface area contributed by atoms with Crippen LogP contribution in [0.3, 0.4) is 0 Å². The second-order valence-corrected chi connectivity index (χ2v) is 5.50. The number of nitrogens with zero attached hydrogens (tertiary/aromatic N) is 1. The third-order valence-electron chi connectivity index (χ3n) is 3.66. The number of amides is 1. The average molecular weight is 212 g/mol. The van der Waals surface area contributed by atoms with Gasteiger partial charge < -0.3 is 15.7 Å². The van der Waals surface area contributed by atoms with Crippen LogP contribution >= 0.6 is 0 Å². The molecule has 0 aromatic carbocycles. The smallest absolute Gasteiger partial charge is 0.242 e. The van der Waals surface area contributed by atoms with Crippen LogP contribution in [-0.2, 0) is 4.79 Å². The van der Waals surface area contributed by atoms with Crippen molar-refractivity contribution in [1.82, 2.24) is 4.90 Å². The fourth-order valence-corrected chi connectivity index (χ4v) is 2.81. The van der Waals surface area contributed by atoms with Gasteiger partial charge in [-0.1, -0.05) is 0 Å². The zero-order chi connectivity index (χ0) is 11.2. The fraction of sp³-hybridized carbons (Fsp3) is 0.909. The Bertz CT molecular complexity index is 272. The Morgan fingerprint density at radius 2 is 2.07 bits per heavy atom. The molecule has 1 heterocycles. The molecule has 0 radical (unpaired) electrons. The monoisotopic (exact) mass is 212 g/mol. The van der Waals surface area contributed by atoms with Crippen molar-refractivity contribution < 1.29 is 9.90 Å². The third-order valence-corrected chi connectivity index (χ3v) is 3.66. The van der Waals surface area contributed by atoms with Gasteiger partial charge >= 0.3 is 0 Å². The Morgan fingerprint density at radius 3 is 2.60 bits per heavy atom. The minimum Gasteiger partial charge on any atom is -0.393 e. The first kappa shape index (κ1) is 10.9. The number of aliphatic hydroxyl groups excluding tert-OH is 1. The zero-order valence-corrected chi connectivity index (χ0v) is 9.44. The van der Waals surface area contributed by atoms with Crippen LogP contribution < -0.4 is 5.73 Å². The van der Waals surface area contributed by atoms with Gasteiger partial charge in [0.1, 0.15) is 0 Å². The Balaban J connectivity index is 2.02. The van der Waals surface area contributed by atoms with Crippen LogP contribution in [0, 0.1) is 11.8 Å². The number of likely N-dealkylation sites (tertiary alicyclic amines) is 1. The standard InChI is InChI=1S/C11H20N2O2/c1-11(2,12)10(15)13-5-7-3-4-9(14)8(7)6-13/h7-9,14H,3-6,12H2,1-2H3. The van der Waals surface area contributed by atoms with Crippen LogP contribution in [0.2, 0.25) is 0 Å². The van der Waals surface area contributed by atoms with E-state index in [1.807, 2.05) is 4.90 Å². The lowest BCUT2D eigenvalue weighted by molar-refractivity contribution is -0.135. The third kappa shape index (κ3) is 1.88. The minimum absolute atomic E-state index is 0.00380. The molecule has 1 saturated heterocycles. The topological polar surface area (TPSA) is 66.6 Å². The lowest BCUT2D eigenvalue weighted by Gasteiger charge is -2.26. The van der Waals surface area contributed by atoms with Crippen molar-refractivity contribution in [3.05, 3.63) is 0 Å². The van der Waals surface area contributed by atoms with Gasteiger partial charge in [0.05, 0.1) is 11.6 Å².